The number of benzene rings is 3. The van der Waals surface area contributed by atoms with Crippen LogP contribution in [-0.2, 0) is 15.8 Å². The molecule has 1 unspecified atom stereocenters. The average Bonchev–Trinajstić information content (AvgIpc) is 3.09. The molecule has 0 radical (unpaired) electrons. The highest BCUT2D eigenvalue weighted by atomic mass is 19.4. The largest absolute Gasteiger partial charge is 0.507 e. The number of carbonyl (C=O) groups excluding carboxylic acids is 2. The Kier molecular flexibility index (Phi) is 5.87. The number of amides is 1. The summed E-state index contributed by atoms with van der Waals surface area (Å²) < 4.78 is 57.9. The summed E-state index contributed by atoms with van der Waals surface area (Å²) in [5.41, 5.74) is -0.816. The predicted molar refractivity (Wildman–Crippen MR) is 116 cm³/mol. The van der Waals surface area contributed by atoms with Crippen LogP contribution in [-0.4, -0.2) is 23.9 Å². The normalized spacial score (nSPS) is 17.8. The number of alkyl halides is 3. The zero-order valence-electron chi connectivity index (χ0n) is 17.6. The minimum atomic E-state index is -4.59. The molecule has 0 bridgehead atoms. The number of ketones is 1. The van der Waals surface area contributed by atoms with Gasteiger partial charge in [-0.25, -0.2) is 4.39 Å². The summed E-state index contributed by atoms with van der Waals surface area (Å²) in [6, 6.07) is 13.7. The third kappa shape index (κ3) is 4.00. The fourth-order valence-corrected chi connectivity index (χ4v) is 3.86. The number of hydrogen-bond donors (Lipinski definition) is 1. The van der Waals surface area contributed by atoms with Gasteiger partial charge in [0.15, 0.2) is 0 Å². The van der Waals surface area contributed by atoms with E-state index in [0.717, 1.165) is 41.3 Å². The van der Waals surface area contributed by atoms with Crippen LogP contribution in [0.2, 0.25) is 0 Å². The first kappa shape index (κ1) is 23.0. The molecule has 174 valence electrons. The van der Waals surface area contributed by atoms with Crippen LogP contribution in [0.1, 0.15) is 22.7 Å². The van der Waals surface area contributed by atoms with Crippen molar-refractivity contribution < 1.29 is 37.0 Å². The molecule has 0 aliphatic carbocycles. The van der Waals surface area contributed by atoms with Gasteiger partial charge in [0.25, 0.3) is 11.7 Å². The number of ether oxygens (including phenoxy) is 1. The Morgan fingerprint density at radius 2 is 1.56 bits per heavy atom. The maximum absolute atomic E-state index is 13.6. The van der Waals surface area contributed by atoms with Gasteiger partial charge in [-0.15, -0.1) is 0 Å². The molecule has 1 saturated heterocycles. The SMILES string of the molecule is COc1ccccc1/C(O)=C1\C(=O)C(=O)N(c2ccc(C(F)(F)F)cc2)C1c1ccc(F)cc1. The molecule has 3 aromatic rings. The Balaban J connectivity index is 1.93. The van der Waals surface area contributed by atoms with Gasteiger partial charge in [-0.1, -0.05) is 24.3 Å². The van der Waals surface area contributed by atoms with Crippen molar-refractivity contribution >= 4 is 23.1 Å². The van der Waals surface area contributed by atoms with Crippen LogP contribution in [0.3, 0.4) is 0 Å². The number of rotatable bonds is 4. The van der Waals surface area contributed by atoms with Gasteiger partial charge in [0.05, 0.1) is 29.9 Å². The quantitative estimate of drug-likeness (QED) is 0.237. The highest BCUT2D eigenvalue weighted by Gasteiger charge is 2.47. The maximum atomic E-state index is 13.6. The van der Waals surface area contributed by atoms with Crippen molar-refractivity contribution in [1.29, 1.82) is 0 Å². The third-order valence-corrected chi connectivity index (χ3v) is 5.47. The number of aliphatic hydroxyl groups is 1. The number of nitrogens with zero attached hydrogens (tertiary/aromatic N) is 1. The lowest BCUT2D eigenvalue weighted by Crippen LogP contribution is -2.29. The average molecular weight is 471 g/mol. The van der Waals surface area contributed by atoms with E-state index in [2.05, 4.69) is 0 Å². The van der Waals surface area contributed by atoms with Crippen molar-refractivity contribution in [3.8, 4) is 5.75 Å². The summed E-state index contributed by atoms with van der Waals surface area (Å²) in [4.78, 5) is 27.1. The lowest BCUT2D eigenvalue weighted by atomic mass is 9.94. The first-order valence-corrected chi connectivity index (χ1v) is 10.0. The van der Waals surface area contributed by atoms with Crippen LogP contribution in [0.25, 0.3) is 5.76 Å². The van der Waals surface area contributed by atoms with E-state index >= 15 is 0 Å². The molecule has 1 aliphatic heterocycles. The zero-order chi connectivity index (χ0) is 24.6. The molecule has 0 spiro atoms. The molecule has 0 saturated carbocycles. The van der Waals surface area contributed by atoms with Gasteiger partial charge in [0, 0.05) is 5.69 Å². The second-order valence-electron chi connectivity index (χ2n) is 7.47. The molecular weight excluding hydrogens is 454 g/mol. The Labute approximate surface area is 191 Å². The lowest BCUT2D eigenvalue weighted by Gasteiger charge is -2.26. The van der Waals surface area contributed by atoms with E-state index < -0.39 is 41.0 Å². The maximum Gasteiger partial charge on any atom is 0.416 e. The zero-order valence-corrected chi connectivity index (χ0v) is 17.6. The number of methoxy groups -OCH3 is 1. The van der Waals surface area contributed by atoms with Crippen LogP contribution < -0.4 is 9.64 Å². The van der Waals surface area contributed by atoms with Crippen molar-refractivity contribution in [3.63, 3.8) is 0 Å². The van der Waals surface area contributed by atoms with Crippen LogP contribution in [0.4, 0.5) is 23.2 Å². The second-order valence-corrected chi connectivity index (χ2v) is 7.47. The number of halogens is 4. The number of aliphatic hydroxyl groups excluding tert-OH is 1. The molecule has 1 fully saturated rings. The van der Waals surface area contributed by atoms with Gasteiger partial charge in [-0.05, 0) is 54.1 Å². The van der Waals surface area contributed by atoms with Crippen LogP contribution in [0.5, 0.6) is 5.75 Å². The summed E-state index contributed by atoms with van der Waals surface area (Å²) in [6.07, 6.45) is -4.59. The monoisotopic (exact) mass is 471 g/mol. The van der Waals surface area contributed by atoms with Gasteiger partial charge in [0.1, 0.15) is 17.3 Å². The summed E-state index contributed by atoms with van der Waals surface area (Å²) >= 11 is 0. The van der Waals surface area contributed by atoms with Crippen molar-refractivity contribution in [2.45, 2.75) is 12.2 Å². The molecular formula is C25H17F4NO4. The van der Waals surface area contributed by atoms with Crippen LogP contribution >= 0.6 is 0 Å². The molecule has 9 heteroatoms. The van der Waals surface area contributed by atoms with Gasteiger partial charge in [-0.3, -0.25) is 14.5 Å². The number of carbonyl (C=O) groups is 2. The minimum absolute atomic E-state index is 0.00324. The Morgan fingerprint density at radius 3 is 2.15 bits per heavy atom. The molecule has 1 N–H and O–H groups in total. The molecule has 1 aliphatic rings. The Morgan fingerprint density at radius 1 is 0.941 bits per heavy atom. The van der Waals surface area contributed by atoms with Crippen LogP contribution in [0, 0.1) is 5.82 Å². The first-order chi connectivity index (χ1) is 16.1. The van der Waals surface area contributed by atoms with E-state index in [1.165, 1.54) is 25.3 Å². The van der Waals surface area contributed by atoms with E-state index in [4.69, 9.17) is 4.74 Å². The van der Waals surface area contributed by atoms with E-state index in [1.54, 1.807) is 18.2 Å². The number of para-hydroxylation sites is 1. The van der Waals surface area contributed by atoms with Gasteiger partial charge in [0.2, 0.25) is 0 Å². The fourth-order valence-electron chi connectivity index (χ4n) is 3.86. The summed E-state index contributed by atoms with van der Waals surface area (Å²) in [5, 5.41) is 11.1. The molecule has 3 aromatic carbocycles. The highest BCUT2D eigenvalue weighted by Crippen LogP contribution is 2.43. The van der Waals surface area contributed by atoms with Crippen molar-refractivity contribution in [2.24, 2.45) is 0 Å². The van der Waals surface area contributed by atoms with E-state index in [0.29, 0.717) is 0 Å². The standard InChI is InChI=1S/C25H17F4NO4/c1-34-19-5-3-2-4-18(19)22(31)20-21(14-6-10-16(26)11-7-14)30(24(33)23(20)32)17-12-8-15(9-13-17)25(27,28)29/h2-13,21,31H,1H3/b22-20+. The minimum Gasteiger partial charge on any atom is -0.507 e. The van der Waals surface area contributed by atoms with E-state index in [-0.39, 0.29) is 28.1 Å². The van der Waals surface area contributed by atoms with Gasteiger partial charge in [-0.2, -0.15) is 13.2 Å². The Hall–Kier alpha value is -4.14. The third-order valence-electron chi connectivity index (χ3n) is 5.47. The van der Waals surface area contributed by atoms with E-state index in [9.17, 15) is 32.3 Å². The molecule has 34 heavy (non-hydrogen) atoms. The molecule has 0 aromatic heterocycles. The molecule has 4 rings (SSSR count). The van der Waals surface area contributed by atoms with Gasteiger partial charge >= 0.3 is 6.18 Å². The summed E-state index contributed by atoms with van der Waals surface area (Å²) in [7, 11) is 1.37. The molecule has 1 atom stereocenters. The molecule has 1 heterocycles. The summed E-state index contributed by atoms with van der Waals surface area (Å²) in [6.45, 7) is 0. The predicted octanol–water partition coefficient (Wildman–Crippen LogP) is 5.48. The van der Waals surface area contributed by atoms with E-state index in [1.807, 2.05) is 0 Å². The lowest BCUT2D eigenvalue weighted by molar-refractivity contribution is -0.137. The number of hydrogen-bond acceptors (Lipinski definition) is 4. The molecule has 1 amide bonds. The number of anilines is 1. The summed E-state index contributed by atoms with van der Waals surface area (Å²) in [5.74, 6) is -2.96. The topological polar surface area (TPSA) is 66.8 Å². The van der Waals surface area contributed by atoms with Crippen molar-refractivity contribution in [1.82, 2.24) is 0 Å². The van der Waals surface area contributed by atoms with Crippen LogP contribution in [0.15, 0.2) is 78.4 Å². The van der Waals surface area contributed by atoms with Crippen molar-refractivity contribution in [3.05, 3.63) is 101 Å². The Bertz CT molecular complexity index is 1280. The first-order valence-electron chi connectivity index (χ1n) is 10.0. The fraction of sp³-hybridized carbons (Fsp3) is 0.120. The smallest absolute Gasteiger partial charge is 0.416 e. The highest BCUT2D eigenvalue weighted by molar-refractivity contribution is 6.51. The van der Waals surface area contributed by atoms with Gasteiger partial charge < -0.3 is 9.84 Å². The molecule has 5 nitrogen and oxygen atoms in total. The second kappa shape index (κ2) is 8.66. The van der Waals surface area contributed by atoms with Crippen molar-refractivity contribution in [2.75, 3.05) is 12.0 Å². The number of Topliss-reactive ketones (excluding diaryl/α,β-unsaturated/α-hetero) is 1.